The van der Waals surface area contributed by atoms with Crippen LogP contribution in [0.3, 0.4) is 0 Å². The van der Waals surface area contributed by atoms with Crippen LogP contribution in [0.5, 0.6) is 0 Å². The zero-order valence-corrected chi connectivity index (χ0v) is 24.2. The van der Waals surface area contributed by atoms with Crippen molar-refractivity contribution in [2.45, 2.75) is 30.8 Å². The highest BCUT2D eigenvalue weighted by atomic mass is 35.5. The van der Waals surface area contributed by atoms with E-state index in [1.165, 1.54) is 0 Å². The first kappa shape index (κ1) is 29.1. The van der Waals surface area contributed by atoms with Crippen LogP contribution >= 0.6 is 23.2 Å². The van der Waals surface area contributed by atoms with Gasteiger partial charge in [-0.25, -0.2) is 9.78 Å². The molecule has 6 nitrogen and oxygen atoms in total. The monoisotopic (exact) mass is 597 g/mol. The summed E-state index contributed by atoms with van der Waals surface area (Å²) in [6, 6.07) is 34.5. The first-order valence-corrected chi connectivity index (χ1v) is 14.3. The van der Waals surface area contributed by atoms with Crippen LogP contribution in [0, 0.1) is 0 Å². The van der Waals surface area contributed by atoms with Crippen molar-refractivity contribution in [3.8, 4) is 0 Å². The van der Waals surface area contributed by atoms with E-state index < -0.39 is 23.5 Å². The fourth-order valence-electron chi connectivity index (χ4n) is 5.29. The van der Waals surface area contributed by atoms with Crippen molar-refractivity contribution < 1.29 is 14.7 Å². The van der Waals surface area contributed by atoms with Gasteiger partial charge in [-0.15, -0.1) is 0 Å². The number of halogens is 2. The summed E-state index contributed by atoms with van der Waals surface area (Å²) < 4.78 is 2.08. The Bertz CT molecular complexity index is 1560. The van der Waals surface area contributed by atoms with E-state index in [9.17, 15) is 14.7 Å². The van der Waals surface area contributed by atoms with E-state index in [1.54, 1.807) is 24.5 Å². The van der Waals surface area contributed by atoms with Crippen molar-refractivity contribution in [3.63, 3.8) is 0 Å². The lowest BCUT2D eigenvalue weighted by Gasteiger charge is -2.37. The molecule has 4 aromatic carbocycles. The highest BCUT2D eigenvalue weighted by Gasteiger charge is 2.38. The predicted octanol–water partition coefficient (Wildman–Crippen LogP) is 6.77. The van der Waals surface area contributed by atoms with Gasteiger partial charge in [0.25, 0.3) is 0 Å². The fraction of sp³-hybridized carbons (Fsp3) is 0.147. The third kappa shape index (κ3) is 6.25. The third-order valence-corrected chi connectivity index (χ3v) is 8.01. The predicted molar refractivity (Wildman–Crippen MR) is 165 cm³/mol. The molecule has 0 radical (unpaired) electrons. The van der Waals surface area contributed by atoms with Crippen LogP contribution in [0.15, 0.2) is 122 Å². The molecule has 0 unspecified atom stereocenters. The van der Waals surface area contributed by atoms with Gasteiger partial charge in [0.1, 0.15) is 11.6 Å². The Labute approximate surface area is 254 Å². The summed E-state index contributed by atoms with van der Waals surface area (Å²) in [6.45, 7) is 0. The van der Waals surface area contributed by atoms with Crippen LogP contribution < -0.4 is 5.32 Å². The normalized spacial score (nSPS) is 12.0. The zero-order chi connectivity index (χ0) is 29.5. The molecule has 1 aromatic heterocycles. The molecule has 42 heavy (non-hydrogen) atoms. The first-order chi connectivity index (χ1) is 20.4. The van der Waals surface area contributed by atoms with Crippen LogP contribution in [0.25, 0.3) is 0 Å². The number of carbonyl (C=O) groups is 2. The van der Waals surface area contributed by atoms with Crippen molar-refractivity contribution in [2.75, 3.05) is 0 Å². The highest BCUT2D eigenvalue weighted by molar-refractivity contribution is 6.42. The van der Waals surface area contributed by atoms with Crippen LogP contribution in [0.2, 0.25) is 10.0 Å². The average Bonchev–Trinajstić information content (AvgIpc) is 3.48. The molecule has 0 saturated carbocycles. The third-order valence-electron chi connectivity index (χ3n) is 7.27. The van der Waals surface area contributed by atoms with Gasteiger partial charge in [0.15, 0.2) is 0 Å². The summed E-state index contributed by atoms with van der Waals surface area (Å²) in [7, 11) is 0. The van der Waals surface area contributed by atoms with E-state index in [2.05, 4.69) is 51.3 Å². The molecule has 2 N–H and O–H groups in total. The number of carboxylic acids is 1. The maximum Gasteiger partial charge on any atom is 0.326 e. The van der Waals surface area contributed by atoms with E-state index in [4.69, 9.17) is 23.2 Å². The van der Waals surface area contributed by atoms with Gasteiger partial charge in [0.2, 0.25) is 5.91 Å². The Hall–Kier alpha value is -4.39. The molecule has 5 aromatic rings. The van der Waals surface area contributed by atoms with Crippen molar-refractivity contribution in [3.05, 3.63) is 160 Å². The van der Waals surface area contributed by atoms with Gasteiger partial charge in [0, 0.05) is 6.20 Å². The van der Waals surface area contributed by atoms with Crippen molar-refractivity contribution in [2.24, 2.45) is 0 Å². The largest absolute Gasteiger partial charge is 0.480 e. The minimum Gasteiger partial charge on any atom is -0.480 e. The van der Waals surface area contributed by atoms with E-state index in [0.717, 1.165) is 16.7 Å². The molecular weight excluding hydrogens is 569 g/mol. The molecule has 0 saturated heterocycles. The lowest BCUT2D eigenvalue weighted by molar-refractivity contribution is -0.141. The highest BCUT2D eigenvalue weighted by Crippen LogP contribution is 2.40. The van der Waals surface area contributed by atoms with Crippen molar-refractivity contribution in [1.82, 2.24) is 14.9 Å². The Morgan fingerprint density at radius 2 is 1.36 bits per heavy atom. The van der Waals surface area contributed by atoms with Gasteiger partial charge >= 0.3 is 5.97 Å². The number of amides is 1. The molecule has 1 heterocycles. The minimum absolute atomic E-state index is 0.0109. The molecule has 0 aliphatic carbocycles. The number of rotatable bonds is 11. The summed E-state index contributed by atoms with van der Waals surface area (Å²) >= 11 is 12.0. The van der Waals surface area contributed by atoms with Gasteiger partial charge in [-0.1, -0.05) is 120 Å². The van der Waals surface area contributed by atoms with Crippen molar-refractivity contribution in [1.29, 1.82) is 0 Å². The average molecular weight is 599 g/mol. The van der Waals surface area contributed by atoms with Crippen LogP contribution in [0.1, 0.15) is 34.4 Å². The Morgan fingerprint density at radius 1 is 0.810 bits per heavy atom. The number of carboxylic acid groups (broad SMARTS) is 1. The molecule has 5 rings (SSSR count). The summed E-state index contributed by atoms with van der Waals surface area (Å²) in [5, 5.41) is 13.2. The molecule has 1 amide bonds. The number of nitrogens with one attached hydrogen (secondary N) is 1. The number of hydrogen-bond donors (Lipinski definition) is 2. The lowest BCUT2D eigenvalue weighted by atomic mass is 9.77. The SMILES string of the molecule is O=C(Cc1ccc(Cl)c(Cl)c1)N[C@H](CCc1cn(C(c2ccccc2)(c2ccccc2)c2ccccc2)cn1)C(=O)O. The molecule has 0 aliphatic heterocycles. The number of carbonyl (C=O) groups excluding carboxylic acids is 1. The van der Waals surface area contributed by atoms with Gasteiger partial charge in [0.05, 0.1) is 28.5 Å². The zero-order valence-electron chi connectivity index (χ0n) is 22.7. The van der Waals surface area contributed by atoms with E-state index in [-0.39, 0.29) is 12.8 Å². The number of aryl methyl sites for hydroxylation is 1. The number of nitrogens with zero attached hydrogens (tertiary/aromatic N) is 2. The summed E-state index contributed by atoms with van der Waals surface area (Å²) in [6.07, 6.45) is 4.27. The maximum atomic E-state index is 12.7. The quantitative estimate of drug-likeness (QED) is 0.164. The number of benzene rings is 4. The Morgan fingerprint density at radius 3 is 1.86 bits per heavy atom. The van der Waals surface area contributed by atoms with Crippen LogP contribution in [-0.2, 0) is 28.0 Å². The fourth-order valence-corrected chi connectivity index (χ4v) is 5.61. The Kier molecular flexibility index (Phi) is 9.06. The molecule has 0 spiro atoms. The molecule has 0 fully saturated rings. The molecule has 212 valence electrons. The van der Waals surface area contributed by atoms with E-state index in [0.29, 0.717) is 27.7 Å². The van der Waals surface area contributed by atoms with Crippen LogP contribution in [-0.4, -0.2) is 32.6 Å². The van der Waals surface area contributed by atoms with Gasteiger partial charge in [-0.2, -0.15) is 0 Å². The summed E-state index contributed by atoms with van der Waals surface area (Å²) in [4.78, 5) is 29.4. The topological polar surface area (TPSA) is 84.2 Å². The number of imidazole rings is 1. The summed E-state index contributed by atoms with van der Waals surface area (Å²) in [5.41, 5.74) is 3.82. The van der Waals surface area contributed by atoms with E-state index in [1.807, 2.05) is 60.8 Å². The maximum absolute atomic E-state index is 12.7. The molecular formula is C34H29Cl2N3O3. The summed E-state index contributed by atoms with van der Waals surface area (Å²) in [5.74, 6) is -1.52. The number of hydrogen-bond acceptors (Lipinski definition) is 3. The Balaban J connectivity index is 1.41. The standard InChI is InChI=1S/C34H29Cl2N3O3/c35-29-18-16-24(20-30(29)36)21-32(40)38-31(33(41)42)19-17-28-22-39(23-37-28)34(25-10-4-1-5-11-25,26-12-6-2-7-13-26)27-14-8-3-9-15-27/h1-16,18,20,22-23,31H,17,19,21H2,(H,38,40)(H,41,42)/t31-/m1/s1. The van der Waals surface area contributed by atoms with Crippen molar-refractivity contribution >= 4 is 35.1 Å². The smallest absolute Gasteiger partial charge is 0.326 e. The lowest BCUT2D eigenvalue weighted by Crippen LogP contribution is -2.41. The minimum atomic E-state index is -1.11. The molecule has 8 heteroatoms. The number of aliphatic carboxylic acids is 1. The van der Waals surface area contributed by atoms with Crippen LogP contribution in [0.4, 0.5) is 0 Å². The second kappa shape index (κ2) is 13.1. The van der Waals surface area contributed by atoms with E-state index >= 15 is 0 Å². The number of aromatic nitrogens is 2. The van der Waals surface area contributed by atoms with Gasteiger partial charge < -0.3 is 15.0 Å². The molecule has 0 bridgehead atoms. The molecule has 1 atom stereocenters. The first-order valence-electron chi connectivity index (χ1n) is 13.5. The van der Waals surface area contributed by atoms with Gasteiger partial charge in [-0.3, -0.25) is 4.79 Å². The van der Waals surface area contributed by atoms with Gasteiger partial charge in [-0.05, 0) is 47.2 Å². The second-order valence-corrected chi connectivity index (χ2v) is 10.8. The molecule has 0 aliphatic rings. The second-order valence-electron chi connectivity index (χ2n) is 10.0.